The van der Waals surface area contributed by atoms with Crippen molar-refractivity contribution in [2.24, 2.45) is 11.0 Å². The molecule has 238 valence electrons. The van der Waals surface area contributed by atoms with E-state index in [2.05, 4.69) is 32.1 Å². The van der Waals surface area contributed by atoms with Gasteiger partial charge in [0.2, 0.25) is 5.78 Å². The van der Waals surface area contributed by atoms with Gasteiger partial charge in [0.25, 0.3) is 11.1 Å². The van der Waals surface area contributed by atoms with Crippen LogP contribution in [0.4, 0.5) is 0 Å². The number of aromatic nitrogens is 4. The van der Waals surface area contributed by atoms with Gasteiger partial charge in [-0.3, -0.25) is 33.5 Å². The van der Waals surface area contributed by atoms with E-state index in [1.807, 2.05) is 39.0 Å². The fourth-order valence-corrected chi connectivity index (χ4v) is 5.74. The molecule has 14 nitrogen and oxygen atoms in total. The number of carbonyl (C=O) groups is 1. The molecule has 0 saturated carbocycles. The van der Waals surface area contributed by atoms with Crippen molar-refractivity contribution in [3.63, 3.8) is 0 Å². The number of aromatic amines is 2. The third kappa shape index (κ3) is 7.48. The Morgan fingerprint density at radius 1 is 1.04 bits per heavy atom. The third-order valence-corrected chi connectivity index (χ3v) is 7.93. The number of nitrogens with one attached hydrogen (secondary N) is 2. The molecular formula is C31H37N7O7. The van der Waals surface area contributed by atoms with Gasteiger partial charge in [0.15, 0.2) is 0 Å². The van der Waals surface area contributed by atoms with Gasteiger partial charge in [-0.1, -0.05) is 41.4 Å². The van der Waals surface area contributed by atoms with E-state index in [0.29, 0.717) is 29.7 Å². The molecule has 3 N–H and O–H groups in total. The zero-order valence-electron chi connectivity index (χ0n) is 25.6. The van der Waals surface area contributed by atoms with E-state index in [1.54, 1.807) is 6.92 Å². The third-order valence-electron chi connectivity index (χ3n) is 7.93. The number of benzene rings is 1. The Labute approximate surface area is 257 Å². The molecular weight excluding hydrogens is 582 g/mol. The summed E-state index contributed by atoms with van der Waals surface area (Å²) in [5, 5.41) is 12.7. The number of azide groups is 1. The van der Waals surface area contributed by atoms with Gasteiger partial charge < -0.3 is 9.84 Å². The number of aliphatic hydroxyl groups excluding tert-OH is 1. The quantitative estimate of drug-likeness (QED) is 0.113. The van der Waals surface area contributed by atoms with Crippen LogP contribution in [0.2, 0.25) is 0 Å². The van der Waals surface area contributed by atoms with Crippen LogP contribution >= 0.6 is 0 Å². The second-order valence-corrected chi connectivity index (χ2v) is 11.4. The van der Waals surface area contributed by atoms with Gasteiger partial charge in [-0.05, 0) is 63.6 Å². The summed E-state index contributed by atoms with van der Waals surface area (Å²) in [5.41, 5.74) is 9.86. The summed E-state index contributed by atoms with van der Waals surface area (Å²) in [4.78, 5) is 68.4. The number of aryl methyl sites for hydroxylation is 3. The number of hydrogen-bond donors (Lipinski definition) is 3. The summed E-state index contributed by atoms with van der Waals surface area (Å²) >= 11 is 0. The maximum atomic E-state index is 13.3. The van der Waals surface area contributed by atoms with Crippen molar-refractivity contribution in [2.45, 2.75) is 78.3 Å². The Hall–Kier alpha value is -4.78. The minimum atomic E-state index is -0.671. The molecule has 3 aromatic rings. The maximum absolute atomic E-state index is 13.3. The number of carbonyl (C=O) groups excluding carboxylic acids is 1. The second-order valence-electron chi connectivity index (χ2n) is 11.4. The summed E-state index contributed by atoms with van der Waals surface area (Å²) in [7, 11) is 0. The van der Waals surface area contributed by atoms with Gasteiger partial charge in [-0.15, -0.1) is 0 Å². The highest BCUT2D eigenvalue weighted by Gasteiger charge is 2.35. The topological polar surface area (TPSA) is 205 Å². The molecule has 14 heteroatoms. The van der Waals surface area contributed by atoms with Crippen molar-refractivity contribution in [3.05, 3.63) is 122 Å². The summed E-state index contributed by atoms with van der Waals surface area (Å²) in [6.45, 7) is 7.38. The van der Waals surface area contributed by atoms with E-state index in [1.165, 1.54) is 15.3 Å². The monoisotopic (exact) mass is 619 g/mol. The van der Waals surface area contributed by atoms with Gasteiger partial charge in [-0.25, -0.2) is 9.59 Å². The molecule has 0 spiro atoms. The Kier molecular flexibility index (Phi) is 10.6. The van der Waals surface area contributed by atoms with E-state index in [9.17, 15) is 24.0 Å². The minimum Gasteiger partial charge on any atom is -0.394 e. The standard InChI is InChI=1S/C21H24N2O3.C10H13N5O4/c1-4-17-18(19(24)16-10-13(2)9-14(3)11-16)23(21(26)22-20(17)25)12-15-7-5-6-8-15;1-5-3-15(10(18)12-9(5)17)8-2-6(13-14-11)7(4-16)19-8/h5-6,9-11,15H,4,7-8,12H2,1-3H3,(H,22,25,26);3,6-8,16H,2,4H2,1H3,(H,12,17,18)/t;6-,7+,8+/m.0/s1. The molecule has 1 aliphatic heterocycles. The van der Waals surface area contributed by atoms with E-state index in [-0.39, 0.29) is 30.4 Å². The number of nitrogens with zero attached hydrogens (tertiary/aromatic N) is 5. The first-order chi connectivity index (χ1) is 21.5. The molecule has 45 heavy (non-hydrogen) atoms. The lowest BCUT2D eigenvalue weighted by Gasteiger charge is -2.18. The Morgan fingerprint density at radius 2 is 1.69 bits per heavy atom. The average Bonchev–Trinajstić information content (AvgIpc) is 3.66. The number of ether oxygens (including phenoxy) is 1. The van der Waals surface area contributed by atoms with Gasteiger partial charge in [0.1, 0.15) is 11.9 Å². The minimum absolute atomic E-state index is 0.234. The van der Waals surface area contributed by atoms with Crippen molar-refractivity contribution in [1.82, 2.24) is 19.1 Å². The fourth-order valence-electron chi connectivity index (χ4n) is 5.74. The summed E-state index contributed by atoms with van der Waals surface area (Å²) < 4.78 is 8.16. The van der Waals surface area contributed by atoms with Crippen molar-refractivity contribution < 1.29 is 14.6 Å². The summed E-state index contributed by atoms with van der Waals surface area (Å²) in [6, 6.07) is 5.07. The van der Waals surface area contributed by atoms with Crippen LogP contribution in [0.15, 0.2) is 60.8 Å². The van der Waals surface area contributed by atoms with Crippen LogP contribution in [-0.2, 0) is 17.7 Å². The second kappa shape index (κ2) is 14.3. The number of ketones is 1. The molecule has 1 aliphatic carbocycles. The van der Waals surface area contributed by atoms with Crippen LogP contribution in [0, 0.1) is 26.7 Å². The number of hydrogen-bond acceptors (Lipinski definition) is 8. The van der Waals surface area contributed by atoms with Crippen molar-refractivity contribution in [2.75, 3.05) is 6.61 Å². The summed E-state index contributed by atoms with van der Waals surface area (Å²) in [5.74, 6) is 0.0110. The molecule has 1 fully saturated rings. The molecule has 1 aromatic carbocycles. The van der Waals surface area contributed by atoms with E-state index >= 15 is 0 Å². The highest BCUT2D eigenvalue weighted by Crippen LogP contribution is 2.29. The van der Waals surface area contributed by atoms with Gasteiger partial charge >= 0.3 is 11.4 Å². The Balaban J connectivity index is 0.000000215. The molecule has 0 radical (unpaired) electrons. The lowest BCUT2D eigenvalue weighted by atomic mass is 9.98. The lowest BCUT2D eigenvalue weighted by molar-refractivity contribution is -0.0271. The molecule has 3 atom stereocenters. The van der Waals surface area contributed by atoms with Gasteiger partial charge in [0.05, 0.1) is 18.8 Å². The summed E-state index contributed by atoms with van der Waals surface area (Å²) in [6.07, 6.45) is 6.66. The number of aliphatic hydroxyl groups is 1. The maximum Gasteiger partial charge on any atom is 0.330 e. The number of H-pyrrole nitrogens is 2. The SMILES string of the molecule is CCc1c(C(=O)c2cc(C)cc(C)c2)n(CC2CC=CC2)c(=O)[nH]c1=O.Cc1cn([C@H]2C[C@H](N=[N+]=[N-])[C@@H](CO)O2)c(=O)[nH]c1=O. The molecule has 0 bridgehead atoms. The highest BCUT2D eigenvalue weighted by atomic mass is 16.5. The van der Waals surface area contributed by atoms with Crippen LogP contribution < -0.4 is 22.5 Å². The largest absolute Gasteiger partial charge is 0.394 e. The predicted octanol–water partition coefficient (Wildman–Crippen LogP) is 2.72. The highest BCUT2D eigenvalue weighted by molar-refractivity contribution is 6.09. The molecule has 1 saturated heterocycles. The zero-order chi connectivity index (χ0) is 32.8. The molecule has 0 amide bonds. The lowest BCUT2D eigenvalue weighted by Crippen LogP contribution is -2.38. The number of rotatable bonds is 8. The molecule has 2 aromatic heterocycles. The first-order valence-corrected chi connectivity index (χ1v) is 14.7. The normalized spacial score (nSPS) is 19.2. The van der Waals surface area contributed by atoms with Crippen LogP contribution in [0.25, 0.3) is 10.4 Å². The smallest absolute Gasteiger partial charge is 0.330 e. The van der Waals surface area contributed by atoms with Crippen molar-refractivity contribution >= 4 is 5.78 Å². The molecule has 0 unspecified atom stereocenters. The molecule has 2 aliphatic rings. The Bertz CT molecular complexity index is 1870. The Morgan fingerprint density at radius 3 is 2.29 bits per heavy atom. The first kappa shape index (κ1) is 33.1. The zero-order valence-corrected chi connectivity index (χ0v) is 25.6. The van der Waals surface area contributed by atoms with Crippen LogP contribution in [-0.4, -0.2) is 48.7 Å². The van der Waals surface area contributed by atoms with Gasteiger partial charge in [0, 0.05) is 40.8 Å². The van der Waals surface area contributed by atoms with E-state index < -0.39 is 40.9 Å². The first-order valence-electron chi connectivity index (χ1n) is 14.7. The van der Waals surface area contributed by atoms with E-state index in [4.69, 9.17) is 15.4 Å². The van der Waals surface area contributed by atoms with E-state index in [0.717, 1.165) is 24.0 Å². The molecule has 5 rings (SSSR count). The van der Waals surface area contributed by atoms with Crippen LogP contribution in [0.5, 0.6) is 0 Å². The van der Waals surface area contributed by atoms with Crippen molar-refractivity contribution in [3.8, 4) is 0 Å². The predicted molar refractivity (Wildman–Crippen MR) is 167 cm³/mol. The molecule has 3 heterocycles. The average molecular weight is 620 g/mol. The van der Waals surface area contributed by atoms with Gasteiger partial charge in [-0.2, -0.15) is 0 Å². The fraction of sp³-hybridized carbons (Fsp3) is 0.452. The van der Waals surface area contributed by atoms with Crippen LogP contribution in [0.1, 0.15) is 70.7 Å². The van der Waals surface area contributed by atoms with Crippen molar-refractivity contribution in [1.29, 1.82) is 0 Å². The number of allylic oxidation sites excluding steroid dienone is 2. The van der Waals surface area contributed by atoms with Crippen LogP contribution in [0.3, 0.4) is 0 Å².